The molecule has 0 saturated heterocycles. The van der Waals surface area contributed by atoms with Gasteiger partial charge in [-0.05, 0) is 12.1 Å². The highest BCUT2D eigenvalue weighted by atomic mass is 35.5. The van der Waals surface area contributed by atoms with Crippen LogP contribution in [0.1, 0.15) is 0 Å². The summed E-state index contributed by atoms with van der Waals surface area (Å²) in [6.07, 6.45) is 0. The van der Waals surface area contributed by atoms with Crippen molar-refractivity contribution in [3.8, 4) is 5.75 Å². The van der Waals surface area contributed by atoms with Gasteiger partial charge < -0.3 is 16.3 Å². The molecule has 0 fully saturated rings. The first-order valence-corrected chi connectivity index (χ1v) is 2.34. The van der Waals surface area contributed by atoms with Crippen LogP contribution < -0.4 is 5.73 Å². The van der Waals surface area contributed by atoms with Crippen molar-refractivity contribution in [3.63, 3.8) is 0 Å². The van der Waals surface area contributed by atoms with Crippen molar-refractivity contribution in [2.45, 2.75) is 0 Å². The number of phenols is 1. The highest BCUT2D eigenvalue weighted by Gasteiger charge is 1.87. The molecule has 0 heterocycles. The molecule has 3 nitrogen and oxygen atoms in total. The highest BCUT2D eigenvalue weighted by molar-refractivity contribution is 5.85. The smallest absolute Gasteiger partial charge is 0.138 e. The third-order valence-electron chi connectivity index (χ3n) is 0.937. The second-order valence-electron chi connectivity index (χ2n) is 1.56. The Kier molecular flexibility index (Phi) is 11.4. The zero-order chi connectivity index (χ0) is 5.98. The molecular weight excluding hydrogens is 189 g/mol. The van der Waals surface area contributed by atoms with Crippen LogP contribution in [0.15, 0.2) is 24.3 Å². The van der Waals surface area contributed by atoms with E-state index in [1.54, 1.807) is 24.3 Å². The Morgan fingerprint density at radius 2 is 1.55 bits per heavy atom. The second-order valence-corrected chi connectivity index (χ2v) is 1.56. The van der Waals surface area contributed by atoms with Gasteiger partial charge in [0, 0.05) is 0 Å². The molecule has 5 N–H and O–H groups in total. The Bertz CT molecular complexity index is 175. The van der Waals surface area contributed by atoms with Crippen LogP contribution in [0.25, 0.3) is 0 Å². The summed E-state index contributed by atoms with van der Waals surface area (Å²) in [5.41, 5.74) is 5.69. The number of benzene rings is 1. The van der Waals surface area contributed by atoms with Crippen molar-refractivity contribution in [3.05, 3.63) is 24.3 Å². The molecule has 0 aliphatic heterocycles. The molecule has 0 atom stereocenters. The number of hydrogen-bond acceptors (Lipinski definition) is 2. The van der Waals surface area contributed by atoms with E-state index in [0.717, 1.165) is 0 Å². The van der Waals surface area contributed by atoms with Crippen LogP contribution in [-0.4, -0.2) is 10.6 Å². The van der Waals surface area contributed by atoms with Gasteiger partial charge in [-0.25, -0.2) is 0 Å². The molecule has 0 unspecified atom stereocenters. The van der Waals surface area contributed by atoms with Crippen molar-refractivity contribution in [1.29, 1.82) is 0 Å². The fourth-order valence-corrected chi connectivity index (χ4v) is 0.488. The van der Waals surface area contributed by atoms with E-state index < -0.39 is 0 Å². The van der Waals surface area contributed by atoms with Gasteiger partial charge in [0.15, 0.2) is 0 Å². The molecule has 0 spiro atoms. The van der Waals surface area contributed by atoms with Crippen LogP contribution in [0.4, 0.5) is 5.69 Å². The molecule has 1 aromatic rings. The third-order valence-corrected chi connectivity index (χ3v) is 0.937. The molecule has 11 heavy (non-hydrogen) atoms. The standard InChI is InChI=1S/C6H7NO.2ClH.H2O/c7-5-3-1-2-4-6(5)8;;;/h1-4,8H,7H2;2*1H;1H2. The average molecular weight is 200 g/mol. The van der Waals surface area contributed by atoms with Gasteiger partial charge in [0.2, 0.25) is 0 Å². The minimum absolute atomic E-state index is 0. The van der Waals surface area contributed by atoms with Crippen LogP contribution in [0, 0.1) is 0 Å². The Morgan fingerprint density at radius 3 is 1.82 bits per heavy atom. The van der Waals surface area contributed by atoms with E-state index in [1.807, 2.05) is 0 Å². The van der Waals surface area contributed by atoms with Crippen molar-refractivity contribution in [2.24, 2.45) is 0 Å². The monoisotopic (exact) mass is 199 g/mol. The number of anilines is 1. The molecule has 0 saturated carbocycles. The lowest BCUT2D eigenvalue weighted by atomic mass is 10.3. The molecule has 66 valence electrons. The van der Waals surface area contributed by atoms with Gasteiger partial charge in [-0.2, -0.15) is 0 Å². The van der Waals surface area contributed by atoms with Gasteiger partial charge in [-0.3, -0.25) is 0 Å². The summed E-state index contributed by atoms with van der Waals surface area (Å²) in [6.45, 7) is 0. The molecule has 1 aromatic carbocycles. The van der Waals surface area contributed by atoms with E-state index in [-0.39, 0.29) is 36.0 Å². The fraction of sp³-hybridized carbons (Fsp3) is 0. The van der Waals surface area contributed by atoms with E-state index in [2.05, 4.69) is 0 Å². The van der Waals surface area contributed by atoms with Crippen LogP contribution in [0.5, 0.6) is 5.75 Å². The van der Waals surface area contributed by atoms with Crippen molar-refractivity contribution < 1.29 is 10.6 Å². The molecular formula is C6H11Cl2NO2. The quantitative estimate of drug-likeness (QED) is 0.483. The molecule has 5 heteroatoms. The zero-order valence-corrected chi connectivity index (χ0v) is 7.28. The predicted molar refractivity (Wildman–Crippen MR) is 50.6 cm³/mol. The van der Waals surface area contributed by atoms with Crippen molar-refractivity contribution >= 4 is 30.5 Å². The van der Waals surface area contributed by atoms with Gasteiger partial charge in [0.05, 0.1) is 5.69 Å². The highest BCUT2D eigenvalue weighted by Crippen LogP contribution is 2.16. The minimum atomic E-state index is 0. The number of nitrogens with two attached hydrogens (primary N) is 1. The summed E-state index contributed by atoms with van der Waals surface area (Å²) in [5, 5.41) is 8.79. The lowest BCUT2D eigenvalue weighted by Crippen LogP contribution is -1.82. The number of hydrogen-bond donors (Lipinski definition) is 2. The van der Waals surface area contributed by atoms with E-state index >= 15 is 0 Å². The number of halogens is 2. The van der Waals surface area contributed by atoms with E-state index in [1.165, 1.54) is 0 Å². The Morgan fingerprint density at radius 1 is 1.09 bits per heavy atom. The fourth-order valence-electron chi connectivity index (χ4n) is 0.488. The number of aromatic hydroxyl groups is 1. The number of phenolic OH excluding ortho intramolecular Hbond substituents is 1. The lowest BCUT2D eigenvalue weighted by molar-refractivity contribution is 0.478. The van der Waals surface area contributed by atoms with E-state index in [0.29, 0.717) is 5.69 Å². The van der Waals surface area contributed by atoms with Crippen molar-refractivity contribution in [2.75, 3.05) is 5.73 Å². The van der Waals surface area contributed by atoms with Gasteiger partial charge in [-0.15, -0.1) is 24.8 Å². The molecule has 0 bridgehead atoms. The normalized spacial score (nSPS) is 6.55. The Balaban J connectivity index is -0.000000213. The summed E-state index contributed by atoms with van der Waals surface area (Å²) in [5.74, 6) is 0.146. The molecule has 0 radical (unpaired) electrons. The maximum atomic E-state index is 8.79. The van der Waals surface area contributed by atoms with Crippen LogP contribution in [-0.2, 0) is 0 Å². The summed E-state index contributed by atoms with van der Waals surface area (Å²) in [4.78, 5) is 0. The third kappa shape index (κ3) is 4.72. The van der Waals surface area contributed by atoms with E-state index in [4.69, 9.17) is 10.8 Å². The first-order chi connectivity index (χ1) is 3.80. The first-order valence-electron chi connectivity index (χ1n) is 2.34. The largest absolute Gasteiger partial charge is 0.506 e. The number of para-hydroxylation sites is 2. The second kappa shape index (κ2) is 7.47. The predicted octanol–water partition coefficient (Wildman–Crippen LogP) is 0.993. The van der Waals surface area contributed by atoms with Gasteiger partial charge in [0.25, 0.3) is 0 Å². The molecule has 0 aliphatic rings. The Hall–Kier alpha value is -0.640. The van der Waals surface area contributed by atoms with Gasteiger partial charge in [-0.1, -0.05) is 12.1 Å². The van der Waals surface area contributed by atoms with Crippen LogP contribution in [0.3, 0.4) is 0 Å². The maximum Gasteiger partial charge on any atom is 0.138 e. The van der Waals surface area contributed by atoms with Crippen molar-refractivity contribution in [1.82, 2.24) is 0 Å². The minimum Gasteiger partial charge on any atom is -0.506 e. The lowest BCUT2D eigenvalue weighted by Gasteiger charge is -1.92. The van der Waals surface area contributed by atoms with Crippen LogP contribution >= 0.6 is 24.8 Å². The number of nitrogen functional groups attached to an aromatic ring is 1. The number of rotatable bonds is 0. The average Bonchev–Trinajstić information content (AvgIpc) is 1.77. The summed E-state index contributed by atoms with van der Waals surface area (Å²) in [7, 11) is 0. The topological polar surface area (TPSA) is 77.8 Å². The molecule has 0 amide bonds. The first kappa shape index (κ1) is 16.8. The summed E-state index contributed by atoms with van der Waals surface area (Å²) in [6, 6.07) is 6.70. The SMILES string of the molecule is Cl.Cl.Nc1ccccc1O.O. The molecule has 0 aromatic heterocycles. The van der Waals surface area contributed by atoms with E-state index in [9.17, 15) is 0 Å². The maximum absolute atomic E-state index is 8.79. The summed E-state index contributed by atoms with van der Waals surface area (Å²) < 4.78 is 0. The molecule has 1 rings (SSSR count). The van der Waals surface area contributed by atoms with Crippen LogP contribution in [0.2, 0.25) is 0 Å². The molecule has 0 aliphatic carbocycles. The van der Waals surface area contributed by atoms with Gasteiger partial charge >= 0.3 is 0 Å². The summed E-state index contributed by atoms with van der Waals surface area (Å²) >= 11 is 0. The Labute approximate surface area is 77.4 Å². The zero-order valence-electron chi connectivity index (χ0n) is 5.65. The van der Waals surface area contributed by atoms with Gasteiger partial charge in [0.1, 0.15) is 5.75 Å².